The Balaban J connectivity index is 1.87. The fourth-order valence-corrected chi connectivity index (χ4v) is 2.81. The largest absolute Gasteiger partial charge is 0.392 e. The van der Waals surface area contributed by atoms with Crippen molar-refractivity contribution in [2.75, 3.05) is 5.32 Å². The van der Waals surface area contributed by atoms with E-state index in [-0.39, 0.29) is 18.2 Å². The molecule has 0 amide bonds. The zero-order chi connectivity index (χ0) is 13.9. The maximum atomic E-state index is 11.4. The van der Waals surface area contributed by atoms with Gasteiger partial charge in [-0.05, 0) is 48.6 Å². The van der Waals surface area contributed by atoms with Crippen LogP contribution in [0.25, 0.3) is 0 Å². The van der Waals surface area contributed by atoms with Crippen molar-refractivity contribution in [3.05, 3.63) is 63.6 Å². The summed E-state index contributed by atoms with van der Waals surface area (Å²) in [6.45, 7) is 0.0457. The molecule has 1 aromatic carbocycles. The molecule has 1 aromatic heterocycles. The van der Waals surface area contributed by atoms with E-state index in [1.807, 2.05) is 30.3 Å². The van der Waals surface area contributed by atoms with Crippen molar-refractivity contribution in [3.63, 3.8) is 0 Å². The molecule has 3 N–H and O–H groups in total. The summed E-state index contributed by atoms with van der Waals surface area (Å²) in [5, 5.41) is 12.7. The Morgan fingerprint density at radius 2 is 2.20 bits per heavy atom. The Labute approximate surface area is 117 Å². The third kappa shape index (κ3) is 2.60. The first-order chi connectivity index (χ1) is 9.76. The number of aryl methyl sites for hydroxylation is 1. The highest BCUT2D eigenvalue weighted by Crippen LogP contribution is 2.30. The van der Waals surface area contributed by atoms with E-state index in [4.69, 9.17) is 0 Å². The van der Waals surface area contributed by atoms with E-state index >= 15 is 0 Å². The van der Waals surface area contributed by atoms with Gasteiger partial charge in [0, 0.05) is 17.4 Å². The second-order valence-electron chi connectivity index (χ2n) is 5.20. The highest BCUT2D eigenvalue weighted by atomic mass is 16.3. The molecule has 1 heterocycles. The first-order valence-corrected chi connectivity index (χ1v) is 6.95. The summed E-state index contributed by atoms with van der Waals surface area (Å²) in [7, 11) is 0. The molecule has 0 spiro atoms. The minimum absolute atomic E-state index is 0.0355. The number of aromatic nitrogens is 1. The van der Waals surface area contributed by atoms with Gasteiger partial charge in [-0.2, -0.15) is 0 Å². The number of fused-ring (bicyclic) bond motifs is 1. The van der Waals surface area contributed by atoms with Crippen LogP contribution in [0.4, 0.5) is 5.69 Å². The Bertz CT molecular complexity index is 664. The molecule has 1 atom stereocenters. The number of aromatic amines is 1. The van der Waals surface area contributed by atoms with Crippen molar-refractivity contribution in [1.82, 2.24) is 4.98 Å². The molecule has 4 nitrogen and oxygen atoms in total. The van der Waals surface area contributed by atoms with Crippen molar-refractivity contribution in [3.8, 4) is 0 Å². The van der Waals surface area contributed by atoms with E-state index in [9.17, 15) is 9.90 Å². The smallest absolute Gasteiger partial charge is 0.248 e. The number of pyridine rings is 1. The molecule has 3 rings (SSSR count). The van der Waals surface area contributed by atoms with Crippen molar-refractivity contribution >= 4 is 5.69 Å². The Kier molecular flexibility index (Phi) is 3.56. The highest BCUT2D eigenvalue weighted by molar-refractivity contribution is 5.48. The van der Waals surface area contributed by atoms with Crippen LogP contribution < -0.4 is 10.9 Å². The van der Waals surface area contributed by atoms with Gasteiger partial charge in [-0.3, -0.25) is 4.79 Å². The molecule has 2 aromatic rings. The van der Waals surface area contributed by atoms with Crippen molar-refractivity contribution < 1.29 is 5.11 Å². The number of anilines is 1. The molecule has 1 aliphatic carbocycles. The summed E-state index contributed by atoms with van der Waals surface area (Å²) < 4.78 is 0. The fourth-order valence-electron chi connectivity index (χ4n) is 2.81. The number of H-pyrrole nitrogens is 1. The molecule has 4 heteroatoms. The molecule has 104 valence electrons. The fraction of sp³-hybridized carbons (Fsp3) is 0.312. The van der Waals surface area contributed by atoms with Crippen LogP contribution in [0.15, 0.2) is 41.2 Å². The number of rotatable bonds is 3. The number of hydrogen-bond donors (Lipinski definition) is 3. The van der Waals surface area contributed by atoms with Gasteiger partial charge in [0.2, 0.25) is 5.56 Å². The van der Waals surface area contributed by atoms with E-state index in [0.717, 1.165) is 36.2 Å². The van der Waals surface area contributed by atoms with Crippen LogP contribution in [-0.4, -0.2) is 10.1 Å². The average molecular weight is 270 g/mol. The van der Waals surface area contributed by atoms with Crippen LogP contribution in [0.3, 0.4) is 0 Å². The summed E-state index contributed by atoms with van der Waals surface area (Å²) in [4.78, 5) is 14.3. The quantitative estimate of drug-likeness (QED) is 0.802. The van der Waals surface area contributed by atoms with Crippen molar-refractivity contribution in [2.24, 2.45) is 0 Å². The predicted molar refractivity (Wildman–Crippen MR) is 78.7 cm³/mol. The monoisotopic (exact) mass is 270 g/mol. The van der Waals surface area contributed by atoms with E-state index in [1.165, 1.54) is 5.56 Å². The normalized spacial score (nSPS) is 17.6. The van der Waals surface area contributed by atoms with Crippen LogP contribution >= 0.6 is 0 Å². The lowest BCUT2D eigenvalue weighted by Crippen LogP contribution is -2.21. The molecule has 0 bridgehead atoms. The number of nitrogens with one attached hydrogen (secondary N) is 2. The lowest BCUT2D eigenvalue weighted by molar-refractivity contribution is 0.282. The molecule has 0 fully saturated rings. The summed E-state index contributed by atoms with van der Waals surface area (Å²) in [6.07, 6.45) is 3.03. The van der Waals surface area contributed by atoms with E-state index in [1.54, 1.807) is 6.07 Å². The third-order valence-corrected chi connectivity index (χ3v) is 3.78. The van der Waals surface area contributed by atoms with Gasteiger partial charge in [-0.1, -0.05) is 12.1 Å². The molecule has 0 saturated heterocycles. The molecule has 1 unspecified atom stereocenters. The van der Waals surface area contributed by atoms with Crippen LogP contribution in [0.5, 0.6) is 0 Å². The van der Waals surface area contributed by atoms with Crippen LogP contribution in [0, 0.1) is 0 Å². The van der Waals surface area contributed by atoms with E-state index in [2.05, 4.69) is 10.3 Å². The summed E-state index contributed by atoms with van der Waals surface area (Å²) in [5.41, 5.74) is 4.07. The second kappa shape index (κ2) is 5.51. The lowest BCUT2D eigenvalue weighted by Gasteiger charge is -2.27. The van der Waals surface area contributed by atoms with Crippen molar-refractivity contribution in [1.29, 1.82) is 0 Å². The van der Waals surface area contributed by atoms with Gasteiger partial charge < -0.3 is 15.4 Å². The van der Waals surface area contributed by atoms with E-state index in [0.29, 0.717) is 0 Å². The first kappa shape index (κ1) is 12.9. The van der Waals surface area contributed by atoms with E-state index < -0.39 is 0 Å². The van der Waals surface area contributed by atoms with Crippen molar-refractivity contribution in [2.45, 2.75) is 31.9 Å². The molecule has 0 radical (unpaired) electrons. The Morgan fingerprint density at radius 3 is 3.05 bits per heavy atom. The van der Waals surface area contributed by atoms with Gasteiger partial charge >= 0.3 is 0 Å². The minimum atomic E-state index is -0.0355. The number of benzene rings is 1. The van der Waals surface area contributed by atoms with Crippen LogP contribution in [0.1, 0.15) is 35.7 Å². The maximum Gasteiger partial charge on any atom is 0.248 e. The second-order valence-corrected chi connectivity index (χ2v) is 5.20. The third-order valence-electron chi connectivity index (χ3n) is 3.78. The van der Waals surface area contributed by atoms with Gasteiger partial charge in [-0.25, -0.2) is 0 Å². The molecule has 20 heavy (non-hydrogen) atoms. The van der Waals surface area contributed by atoms with Gasteiger partial charge in [0.1, 0.15) is 0 Å². The van der Waals surface area contributed by atoms with Gasteiger partial charge in [0.25, 0.3) is 0 Å². The number of hydrogen-bond acceptors (Lipinski definition) is 3. The Hall–Kier alpha value is -2.07. The zero-order valence-corrected chi connectivity index (χ0v) is 11.2. The van der Waals surface area contributed by atoms with Gasteiger partial charge in [-0.15, -0.1) is 0 Å². The first-order valence-electron chi connectivity index (χ1n) is 6.95. The molecular formula is C16H18N2O2. The zero-order valence-electron chi connectivity index (χ0n) is 11.2. The summed E-state index contributed by atoms with van der Waals surface area (Å²) in [6, 6.07) is 11.5. The summed E-state index contributed by atoms with van der Waals surface area (Å²) in [5.74, 6) is 0. The van der Waals surface area contributed by atoms with Crippen LogP contribution in [-0.2, 0) is 13.0 Å². The standard InChI is InChI=1S/C16H18N2O2/c19-10-11-3-1-4-12(9-11)17-14-5-2-6-15-13(14)7-8-16(20)18-15/h1,3-4,7-9,14,17,19H,2,5-6,10H2,(H,18,20). The predicted octanol–water partition coefficient (Wildman–Crippen LogP) is 2.36. The number of aliphatic hydroxyl groups excluding tert-OH is 1. The lowest BCUT2D eigenvalue weighted by atomic mass is 9.91. The molecule has 1 aliphatic rings. The maximum absolute atomic E-state index is 11.4. The molecule has 0 saturated carbocycles. The highest BCUT2D eigenvalue weighted by Gasteiger charge is 2.20. The molecule has 0 aliphatic heterocycles. The summed E-state index contributed by atoms with van der Waals surface area (Å²) >= 11 is 0. The van der Waals surface area contributed by atoms with Crippen LogP contribution in [0.2, 0.25) is 0 Å². The average Bonchev–Trinajstić information content (AvgIpc) is 2.47. The Morgan fingerprint density at radius 1 is 1.30 bits per heavy atom. The SMILES string of the molecule is O=c1ccc2c([nH]1)CCCC2Nc1cccc(CO)c1. The van der Waals surface area contributed by atoms with Gasteiger partial charge in [0.15, 0.2) is 0 Å². The topological polar surface area (TPSA) is 65.1 Å². The van der Waals surface area contributed by atoms with Gasteiger partial charge in [0.05, 0.1) is 12.6 Å². The molecular weight excluding hydrogens is 252 g/mol. The minimum Gasteiger partial charge on any atom is -0.392 e. The number of aliphatic hydroxyl groups is 1.